The third kappa shape index (κ3) is 7.41. The molecule has 0 spiro atoms. The Morgan fingerprint density at radius 1 is 1.12 bits per heavy atom. The molecule has 1 unspecified atom stereocenters. The number of carbonyl (C=O) groups is 1. The number of hydrogen-bond donors (Lipinski definition) is 3. The Hall–Kier alpha value is -1.45. The highest BCUT2D eigenvalue weighted by Gasteiger charge is 2.11. The van der Waals surface area contributed by atoms with Crippen LogP contribution in [-0.4, -0.2) is 32.0 Å². The lowest BCUT2D eigenvalue weighted by Gasteiger charge is -2.18. The minimum atomic E-state index is -0.879. The molecular formula is C16H25F2IN4O. The zero-order valence-corrected chi connectivity index (χ0v) is 16.7. The summed E-state index contributed by atoms with van der Waals surface area (Å²) in [5, 5.41) is 8.91. The second-order valence-corrected chi connectivity index (χ2v) is 5.48. The third-order valence-electron chi connectivity index (χ3n) is 3.26. The molecule has 0 aliphatic heterocycles. The van der Waals surface area contributed by atoms with E-state index in [-0.39, 0.29) is 41.8 Å². The van der Waals surface area contributed by atoms with E-state index >= 15 is 0 Å². The van der Waals surface area contributed by atoms with Gasteiger partial charge in [-0.25, -0.2) is 8.78 Å². The van der Waals surface area contributed by atoms with Gasteiger partial charge in [0.1, 0.15) is 0 Å². The van der Waals surface area contributed by atoms with Crippen molar-refractivity contribution in [3.05, 3.63) is 35.4 Å². The van der Waals surface area contributed by atoms with E-state index in [2.05, 4.69) is 20.9 Å². The predicted molar refractivity (Wildman–Crippen MR) is 103 cm³/mol. The van der Waals surface area contributed by atoms with Crippen molar-refractivity contribution < 1.29 is 13.6 Å². The molecule has 0 radical (unpaired) electrons. The number of nitrogens with one attached hydrogen (secondary N) is 3. The molecule has 24 heavy (non-hydrogen) atoms. The molecule has 5 nitrogen and oxygen atoms in total. The van der Waals surface area contributed by atoms with Crippen LogP contribution in [0.1, 0.15) is 32.4 Å². The monoisotopic (exact) mass is 454 g/mol. The summed E-state index contributed by atoms with van der Waals surface area (Å²) < 4.78 is 26.2. The van der Waals surface area contributed by atoms with Gasteiger partial charge in [-0.15, -0.1) is 24.0 Å². The average molecular weight is 454 g/mol. The number of rotatable bonds is 6. The molecule has 0 fully saturated rings. The Balaban J connectivity index is 0.00000529. The van der Waals surface area contributed by atoms with E-state index in [4.69, 9.17) is 0 Å². The van der Waals surface area contributed by atoms with Gasteiger partial charge in [-0.2, -0.15) is 0 Å². The number of benzene rings is 1. The van der Waals surface area contributed by atoms with E-state index < -0.39 is 11.6 Å². The van der Waals surface area contributed by atoms with E-state index in [0.717, 1.165) is 12.1 Å². The first-order valence-corrected chi connectivity index (χ1v) is 7.55. The van der Waals surface area contributed by atoms with Gasteiger partial charge in [0.25, 0.3) is 0 Å². The molecule has 1 aromatic rings. The zero-order valence-electron chi connectivity index (χ0n) is 14.3. The quantitative estimate of drug-likeness (QED) is 0.268. The van der Waals surface area contributed by atoms with Crippen LogP contribution in [0.2, 0.25) is 0 Å². The number of guanidine groups is 1. The van der Waals surface area contributed by atoms with Crippen molar-refractivity contribution in [1.82, 2.24) is 16.0 Å². The van der Waals surface area contributed by atoms with E-state index in [0.29, 0.717) is 24.6 Å². The number of carbonyl (C=O) groups excluding carboxylic acids is 1. The highest BCUT2D eigenvalue weighted by Crippen LogP contribution is 2.15. The summed E-state index contributed by atoms with van der Waals surface area (Å²) in [4.78, 5) is 15.5. The molecule has 1 rings (SSSR count). The van der Waals surface area contributed by atoms with Crippen molar-refractivity contribution in [3.63, 3.8) is 0 Å². The van der Waals surface area contributed by atoms with Crippen molar-refractivity contribution in [2.24, 2.45) is 10.9 Å². The van der Waals surface area contributed by atoms with Crippen LogP contribution < -0.4 is 16.0 Å². The first kappa shape index (κ1) is 22.6. The first-order valence-electron chi connectivity index (χ1n) is 7.55. The van der Waals surface area contributed by atoms with Gasteiger partial charge >= 0.3 is 0 Å². The molecule has 1 aromatic carbocycles. The smallest absolute Gasteiger partial charge is 0.222 e. The molecule has 0 aliphatic rings. The van der Waals surface area contributed by atoms with E-state index in [1.165, 1.54) is 6.07 Å². The van der Waals surface area contributed by atoms with Gasteiger partial charge in [0, 0.05) is 26.1 Å². The van der Waals surface area contributed by atoms with Gasteiger partial charge in [-0.3, -0.25) is 9.79 Å². The van der Waals surface area contributed by atoms with Crippen LogP contribution in [-0.2, 0) is 4.79 Å². The summed E-state index contributed by atoms with van der Waals surface area (Å²) in [6, 6.07) is 3.53. The maximum Gasteiger partial charge on any atom is 0.222 e. The lowest BCUT2D eigenvalue weighted by atomic mass is 10.1. The lowest BCUT2D eigenvalue weighted by Crippen LogP contribution is -2.42. The topological polar surface area (TPSA) is 65.5 Å². The number of halogens is 3. The van der Waals surface area contributed by atoms with Gasteiger partial charge in [0.15, 0.2) is 17.6 Å². The molecular weight excluding hydrogens is 429 g/mol. The van der Waals surface area contributed by atoms with Gasteiger partial charge in [0.2, 0.25) is 5.91 Å². The molecule has 0 heterocycles. The minimum absolute atomic E-state index is 0. The molecule has 0 saturated heterocycles. The van der Waals surface area contributed by atoms with Crippen LogP contribution in [0.25, 0.3) is 0 Å². The zero-order chi connectivity index (χ0) is 17.4. The second-order valence-electron chi connectivity index (χ2n) is 5.48. The fourth-order valence-electron chi connectivity index (χ4n) is 1.84. The van der Waals surface area contributed by atoms with Crippen molar-refractivity contribution in [2.45, 2.75) is 26.8 Å². The molecule has 136 valence electrons. The summed E-state index contributed by atoms with van der Waals surface area (Å²) in [7, 11) is 1.61. The van der Waals surface area contributed by atoms with Gasteiger partial charge < -0.3 is 16.0 Å². The van der Waals surface area contributed by atoms with Crippen LogP contribution in [0.4, 0.5) is 8.78 Å². The van der Waals surface area contributed by atoms with Crippen LogP contribution >= 0.6 is 24.0 Å². The molecule has 0 aromatic heterocycles. The van der Waals surface area contributed by atoms with E-state index in [1.807, 2.05) is 20.8 Å². The minimum Gasteiger partial charge on any atom is -0.355 e. The number of hydrogen-bond acceptors (Lipinski definition) is 2. The van der Waals surface area contributed by atoms with Gasteiger partial charge in [-0.05, 0) is 24.6 Å². The number of aliphatic imine (C=N–C) groups is 1. The number of nitrogens with zero attached hydrogens (tertiary/aromatic N) is 1. The molecule has 0 aliphatic carbocycles. The molecule has 8 heteroatoms. The highest BCUT2D eigenvalue weighted by molar-refractivity contribution is 14.0. The van der Waals surface area contributed by atoms with Crippen molar-refractivity contribution >= 4 is 35.8 Å². The van der Waals surface area contributed by atoms with Crippen LogP contribution in [0, 0.1) is 17.6 Å². The van der Waals surface area contributed by atoms with E-state index in [1.54, 1.807) is 7.05 Å². The summed E-state index contributed by atoms with van der Waals surface area (Å²) in [6.45, 7) is 6.44. The largest absolute Gasteiger partial charge is 0.355 e. The van der Waals surface area contributed by atoms with E-state index in [9.17, 15) is 13.6 Å². The first-order chi connectivity index (χ1) is 10.8. The fraction of sp³-hybridized carbons (Fsp3) is 0.500. The van der Waals surface area contributed by atoms with Gasteiger partial charge in [-0.1, -0.05) is 19.9 Å². The Bertz CT molecular complexity index is 567. The molecule has 1 atom stereocenters. The molecule has 3 N–H and O–H groups in total. The fourth-order valence-corrected chi connectivity index (χ4v) is 1.84. The van der Waals surface area contributed by atoms with Gasteiger partial charge in [0.05, 0.1) is 6.04 Å². The Kier molecular flexibility index (Phi) is 10.5. The summed E-state index contributed by atoms with van der Waals surface area (Å²) in [5.74, 6) is -1.30. The second kappa shape index (κ2) is 11.2. The molecule has 0 saturated carbocycles. The van der Waals surface area contributed by atoms with Crippen molar-refractivity contribution in [2.75, 3.05) is 20.1 Å². The standard InChI is InChI=1S/C16H24F2N4O.HI/c1-10(2)15(23)20-7-8-21-16(19-4)22-11(3)12-5-6-13(17)14(18)9-12;/h5-6,9-11H,7-8H2,1-4H3,(H,20,23)(H2,19,21,22);1H. The predicted octanol–water partition coefficient (Wildman–Crippen LogP) is 2.58. The number of amides is 1. The highest BCUT2D eigenvalue weighted by atomic mass is 127. The summed E-state index contributed by atoms with van der Waals surface area (Å²) in [6.07, 6.45) is 0. The molecule has 1 amide bonds. The maximum absolute atomic E-state index is 13.3. The summed E-state index contributed by atoms with van der Waals surface area (Å²) in [5.41, 5.74) is 0.611. The normalized spacial score (nSPS) is 12.4. The summed E-state index contributed by atoms with van der Waals surface area (Å²) >= 11 is 0. The lowest BCUT2D eigenvalue weighted by molar-refractivity contribution is -0.123. The van der Waals surface area contributed by atoms with Crippen molar-refractivity contribution in [3.8, 4) is 0 Å². The van der Waals surface area contributed by atoms with Crippen LogP contribution in [0.5, 0.6) is 0 Å². The van der Waals surface area contributed by atoms with Crippen LogP contribution in [0.3, 0.4) is 0 Å². The molecule has 0 bridgehead atoms. The third-order valence-corrected chi connectivity index (χ3v) is 3.26. The Morgan fingerprint density at radius 2 is 1.75 bits per heavy atom. The maximum atomic E-state index is 13.3. The Labute approximate surface area is 158 Å². The van der Waals surface area contributed by atoms with Crippen LogP contribution in [0.15, 0.2) is 23.2 Å². The van der Waals surface area contributed by atoms with Crippen molar-refractivity contribution in [1.29, 1.82) is 0 Å². The average Bonchev–Trinajstić information content (AvgIpc) is 2.52. The SMILES string of the molecule is CN=C(NCCNC(=O)C(C)C)NC(C)c1ccc(F)c(F)c1.I. The Morgan fingerprint density at radius 3 is 2.29 bits per heavy atom.